The van der Waals surface area contributed by atoms with Crippen molar-refractivity contribution in [1.29, 1.82) is 0 Å². The Bertz CT molecular complexity index is 353. The Morgan fingerprint density at radius 2 is 2.06 bits per heavy atom. The maximum atomic E-state index is 11.5. The molecule has 4 heteroatoms. The van der Waals surface area contributed by atoms with Gasteiger partial charge in [0.05, 0.1) is 0 Å². The first-order chi connectivity index (χ1) is 8.63. The van der Waals surface area contributed by atoms with E-state index in [1.807, 2.05) is 32.2 Å². The van der Waals surface area contributed by atoms with E-state index in [-0.39, 0.29) is 11.8 Å². The number of rotatable bonds is 7. The summed E-state index contributed by atoms with van der Waals surface area (Å²) in [6, 6.07) is 10.1. The minimum absolute atomic E-state index is 0.0782. The zero-order chi connectivity index (χ0) is 13.4. The van der Waals surface area contributed by atoms with Crippen LogP contribution in [0.15, 0.2) is 30.3 Å². The summed E-state index contributed by atoms with van der Waals surface area (Å²) in [5.41, 5.74) is 6.64. The lowest BCUT2D eigenvalue weighted by molar-refractivity contribution is -0.121. The zero-order valence-corrected chi connectivity index (χ0v) is 11.2. The van der Waals surface area contributed by atoms with Crippen LogP contribution in [0.4, 0.5) is 5.69 Å². The van der Waals surface area contributed by atoms with Crippen molar-refractivity contribution in [1.82, 2.24) is 5.32 Å². The summed E-state index contributed by atoms with van der Waals surface area (Å²) < 4.78 is 0. The average molecular weight is 249 g/mol. The molecule has 0 aliphatic carbocycles. The molecule has 0 spiro atoms. The predicted molar refractivity (Wildman–Crippen MR) is 75.6 cm³/mol. The van der Waals surface area contributed by atoms with Crippen LogP contribution in [0.2, 0.25) is 0 Å². The molecule has 0 bridgehead atoms. The van der Waals surface area contributed by atoms with Crippen LogP contribution < -0.4 is 16.0 Å². The maximum absolute atomic E-state index is 11.5. The molecule has 100 valence electrons. The van der Waals surface area contributed by atoms with Crippen molar-refractivity contribution in [2.24, 2.45) is 11.7 Å². The lowest BCUT2D eigenvalue weighted by atomic mass is 10.1. The topological polar surface area (TPSA) is 58.4 Å². The molecule has 0 saturated heterocycles. The molecular formula is C14H23N3O. The monoisotopic (exact) mass is 249 g/mol. The third-order valence-electron chi connectivity index (χ3n) is 2.90. The first kappa shape index (κ1) is 14.5. The van der Waals surface area contributed by atoms with Crippen LogP contribution in [0.3, 0.4) is 0 Å². The molecule has 1 unspecified atom stereocenters. The SMILES string of the molecule is CC(CN)CC(=O)NCCN(C)c1ccccc1. The first-order valence-electron chi connectivity index (χ1n) is 6.36. The fraction of sp³-hybridized carbons (Fsp3) is 0.500. The Hall–Kier alpha value is -1.55. The fourth-order valence-corrected chi connectivity index (χ4v) is 1.65. The number of hydrogen-bond donors (Lipinski definition) is 2. The summed E-state index contributed by atoms with van der Waals surface area (Å²) in [6.07, 6.45) is 0.506. The second-order valence-corrected chi connectivity index (χ2v) is 4.65. The smallest absolute Gasteiger partial charge is 0.220 e. The molecule has 1 atom stereocenters. The molecule has 18 heavy (non-hydrogen) atoms. The van der Waals surface area contributed by atoms with E-state index in [0.29, 0.717) is 19.5 Å². The van der Waals surface area contributed by atoms with E-state index in [9.17, 15) is 4.79 Å². The van der Waals surface area contributed by atoms with Gasteiger partial charge >= 0.3 is 0 Å². The molecule has 0 radical (unpaired) electrons. The van der Waals surface area contributed by atoms with Gasteiger partial charge in [-0.15, -0.1) is 0 Å². The highest BCUT2D eigenvalue weighted by molar-refractivity contribution is 5.76. The lowest BCUT2D eigenvalue weighted by Gasteiger charge is -2.19. The van der Waals surface area contributed by atoms with Gasteiger partial charge in [-0.25, -0.2) is 0 Å². The molecule has 0 heterocycles. The third-order valence-corrected chi connectivity index (χ3v) is 2.90. The van der Waals surface area contributed by atoms with Gasteiger partial charge in [-0.2, -0.15) is 0 Å². The number of amides is 1. The molecule has 1 aromatic rings. The highest BCUT2D eigenvalue weighted by atomic mass is 16.1. The van der Waals surface area contributed by atoms with Gasteiger partial charge in [0, 0.05) is 32.2 Å². The van der Waals surface area contributed by atoms with Crippen LogP contribution in [0.1, 0.15) is 13.3 Å². The van der Waals surface area contributed by atoms with Gasteiger partial charge in [0.25, 0.3) is 0 Å². The number of carbonyl (C=O) groups excluding carboxylic acids is 1. The van der Waals surface area contributed by atoms with Crippen molar-refractivity contribution in [3.05, 3.63) is 30.3 Å². The van der Waals surface area contributed by atoms with E-state index in [1.165, 1.54) is 0 Å². The van der Waals surface area contributed by atoms with Crippen molar-refractivity contribution >= 4 is 11.6 Å². The normalized spacial score (nSPS) is 11.9. The Morgan fingerprint density at radius 1 is 1.39 bits per heavy atom. The van der Waals surface area contributed by atoms with Gasteiger partial charge in [0.1, 0.15) is 0 Å². The number of para-hydroxylation sites is 1. The van der Waals surface area contributed by atoms with Gasteiger partial charge in [0.15, 0.2) is 0 Å². The summed E-state index contributed by atoms with van der Waals surface area (Å²) in [5.74, 6) is 0.325. The first-order valence-corrected chi connectivity index (χ1v) is 6.36. The van der Waals surface area contributed by atoms with E-state index in [2.05, 4.69) is 22.3 Å². The van der Waals surface area contributed by atoms with Crippen LogP contribution in [0.25, 0.3) is 0 Å². The van der Waals surface area contributed by atoms with E-state index in [4.69, 9.17) is 5.73 Å². The summed E-state index contributed by atoms with van der Waals surface area (Å²) in [5, 5.41) is 2.91. The molecule has 1 aromatic carbocycles. The largest absolute Gasteiger partial charge is 0.373 e. The van der Waals surface area contributed by atoms with Gasteiger partial charge in [-0.1, -0.05) is 25.1 Å². The molecule has 0 fully saturated rings. The zero-order valence-electron chi connectivity index (χ0n) is 11.2. The molecular weight excluding hydrogens is 226 g/mol. The summed E-state index contributed by atoms with van der Waals surface area (Å²) >= 11 is 0. The van der Waals surface area contributed by atoms with Crippen molar-refractivity contribution in [2.45, 2.75) is 13.3 Å². The third kappa shape index (κ3) is 5.19. The molecule has 3 N–H and O–H groups in total. The van der Waals surface area contributed by atoms with Crippen molar-refractivity contribution in [3.8, 4) is 0 Å². The molecule has 1 amide bonds. The minimum Gasteiger partial charge on any atom is -0.373 e. The second-order valence-electron chi connectivity index (χ2n) is 4.65. The van der Waals surface area contributed by atoms with Gasteiger partial charge in [-0.05, 0) is 24.6 Å². The van der Waals surface area contributed by atoms with Crippen molar-refractivity contribution < 1.29 is 4.79 Å². The Balaban J connectivity index is 2.23. The van der Waals surface area contributed by atoms with Crippen LogP contribution in [0, 0.1) is 5.92 Å². The number of nitrogens with two attached hydrogens (primary N) is 1. The number of hydrogen-bond acceptors (Lipinski definition) is 3. The highest BCUT2D eigenvalue weighted by Gasteiger charge is 2.07. The molecule has 0 aromatic heterocycles. The summed E-state index contributed by atoms with van der Waals surface area (Å²) in [4.78, 5) is 13.7. The Morgan fingerprint density at radius 3 is 2.67 bits per heavy atom. The molecule has 0 saturated carbocycles. The van der Waals surface area contributed by atoms with Crippen LogP contribution in [-0.4, -0.2) is 32.6 Å². The highest BCUT2D eigenvalue weighted by Crippen LogP contribution is 2.09. The molecule has 0 aliphatic rings. The number of nitrogens with one attached hydrogen (secondary N) is 1. The van der Waals surface area contributed by atoms with Gasteiger partial charge in [0.2, 0.25) is 5.91 Å². The quantitative estimate of drug-likeness (QED) is 0.764. The fourth-order valence-electron chi connectivity index (χ4n) is 1.65. The number of likely N-dealkylation sites (N-methyl/N-ethyl adjacent to an activating group) is 1. The molecule has 4 nitrogen and oxygen atoms in total. The Kier molecular flexibility index (Phi) is 6.22. The maximum Gasteiger partial charge on any atom is 0.220 e. The van der Waals surface area contributed by atoms with Crippen molar-refractivity contribution in [2.75, 3.05) is 31.6 Å². The van der Waals surface area contributed by atoms with E-state index < -0.39 is 0 Å². The number of nitrogens with zero attached hydrogens (tertiary/aromatic N) is 1. The van der Waals surface area contributed by atoms with Crippen molar-refractivity contribution in [3.63, 3.8) is 0 Å². The standard InChI is InChI=1S/C14H23N3O/c1-12(11-15)10-14(18)16-8-9-17(2)13-6-4-3-5-7-13/h3-7,12H,8-11,15H2,1-2H3,(H,16,18). The van der Waals surface area contributed by atoms with E-state index in [0.717, 1.165) is 12.2 Å². The summed E-state index contributed by atoms with van der Waals surface area (Å²) in [6.45, 7) is 3.99. The Labute approximate surface area is 109 Å². The number of benzene rings is 1. The molecule has 1 rings (SSSR count). The van der Waals surface area contributed by atoms with Crippen LogP contribution >= 0.6 is 0 Å². The average Bonchev–Trinajstić information content (AvgIpc) is 2.39. The van der Waals surface area contributed by atoms with Gasteiger partial charge in [-0.3, -0.25) is 4.79 Å². The predicted octanol–water partition coefficient (Wildman–Crippen LogP) is 1.22. The second kappa shape index (κ2) is 7.71. The summed E-state index contributed by atoms with van der Waals surface area (Å²) in [7, 11) is 2.02. The van der Waals surface area contributed by atoms with Gasteiger partial charge < -0.3 is 16.0 Å². The number of carbonyl (C=O) groups is 1. The van der Waals surface area contributed by atoms with Crippen LogP contribution in [0.5, 0.6) is 0 Å². The number of anilines is 1. The molecule has 0 aliphatic heterocycles. The lowest BCUT2D eigenvalue weighted by Crippen LogP contribution is -2.34. The van der Waals surface area contributed by atoms with E-state index in [1.54, 1.807) is 0 Å². The van der Waals surface area contributed by atoms with E-state index >= 15 is 0 Å². The minimum atomic E-state index is 0.0782. The van der Waals surface area contributed by atoms with Crippen LogP contribution in [-0.2, 0) is 4.79 Å².